The molecular formula is C23H28Cl2N2O3. The third-order valence-corrected chi connectivity index (χ3v) is 5.60. The van der Waals surface area contributed by atoms with E-state index >= 15 is 0 Å². The molecule has 1 atom stereocenters. The van der Waals surface area contributed by atoms with Gasteiger partial charge in [-0.15, -0.1) is 0 Å². The van der Waals surface area contributed by atoms with Crippen molar-refractivity contribution in [2.75, 3.05) is 13.7 Å². The molecule has 0 saturated carbocycles. The summed E-state index contributed by atoms with van der Waals surface area (Å²) in [6.07, 6.45) is 0.468. The molecule has 2 amide bonds. The Morgan fingerprint density at radius 2 is 1.80 bits per heavy atom. The van der Waals surface area contributed by atoms with Crippen molar-refractivity contribution in [3.05, 3.63) is 63.6 Å². The van der Waals surface area contributed by atoms with Gasteiger partial charge in [-0.25, -0.2) is 0 Å². The fourth-order valence-electron chi connectivity index (χ4n) is 3.23. The fraction of sp³-hybridized carbons (Fsp3) is 0.391. The highest BCUT2D eigenvalue weighted by Crippen LogP contribution is 2.27. The average Bonchev–Trinajstić information content (AvgIpc) is 2.74. The molecule has 0 aliphatic heterocycles. The van der Waals surface area contributed by atoms with Crippen LogP contribution in [-0.4, -0.2) is 36.4 Å². The van der Waals surface area contributed by atoms with E-state index in [1.165, 1.54) is 4.90 Å². The summed E-state index contributed by atoms with van der Waals surface area (Å²) in [5.74, 6) is 0.421. The second-order valence-corrected chi connectivity index (χ2v) is 8.10. The minimum absolute atomic E-state index is 0.168. The van der Waals surface area contributed by atoms with Crippen LogP contribution in [0.1, 0.15) is 44.2 Å². The molecule has 0 saturated heterocycles. The molecule has 2 aromatic carbocycles. The maximum Gasteiger partial charge on any atom is 0.261 e. The highest BCUT2D eigenvalue weighted by Gasteiger charge is 2.28. The van der Waals surface area contributed by atoms with Crippen LogP contribution in [0.5, 0.6) is 5.75 Å². The Labute approximate surface area is 188 Å². The van der Waals surface area contributed by atoms with Crippen LogP contribution < -0.4 is 10.1 Å². The van der Waals surface area contributed by atoms with E-state index in [0.717, 1.165) is 11.1 Å². The number of amides is 2. The molecule has 1 unspecified atom stereocenters. The number of para-hydroxylation sites is 1. The second kappa shape index (κ2) is 11.2. The van der Waals surface area contributed by atoms with Gasteiger partial charge in [-0.1, -0.05) is 68.2 Å². The van der Waals surface area contributed by atoms with Crippen LogP contribution in [0.4, 0.5) is 0 Å². The van der Waals surface area contributed by atoms with Gasteiger partial charge in [-0.05, 0) is 41.7 Å². The van der Waals surface area contributed by atoms with E-state index in [0.29, 0.717) is 22.2 Å². The first-order valence-corrected chi connectivity index (χ1v) is 10.7. The third-order valence-electron chi connectivity index (χ3n) is 4.86. The molecule has 1 N–H and O–H groups in total. The maximum absolute atomic E-state index is 13.1. The van der Waals surface area contributed by atoms with Gasteiger partial charge in [0.25, 0.3) is 5.91 Å². The Morgan fingerprint density at radius 1 is 1.10 bits per heavy atom. The van der Waals surface area contributed by atoms with Crippen molar-refractivity contribution in [3.63, 3.8) is 0 Å². The zero-order chi connectivity index (χ0) is 22.3. The van der Waals surface area contributed by atoms with Gasteiger partial charge in [0, 0.05) is 13.6 Å². The number of benzene rings is 2. The first-order chi connectivity index (χ1) is 14.3. The van der Waals surface area contributed by atoms with Crippen LogP contribution in [0.3, 0.4) is 0 Å². The van der Waals surface area contributed by atoms with E-state index in [9.17, 15) is 9.59 Å². The Balaban J connectivity index is 2.25. The molecule has 0 radical (unpaired) electrons. The van der Waals surface area contributed by atoms with Gasteiger partial charge in [0.1, 0.15) is 11.8 Å². The van der Waals surface area contributed by atoms with Crippen LogP contribution in [0, 0.1) is 0 Å². The largest absolute Gasteiger partial charge is 0.483 e. The molecule has 162 valence electrons. The van der Waals surface area contributed by atoms with Crippen LogP contribution in [-0.2, 0) is 16.1 Å². The molecule has 5 nitrogen and oxygen atoms in total. The van der Waals surface area contributed by atoms with E-state index < -0.39 is 6.04 Å². The van der Waals surface area contributed by atoms with Gasteiger partial charge in [-0.3, -0.25) is 9.59 Å². The SMILES string of the molecule is CCC(C(=O)NC)N(Cc1ccc(Cl)c(Cl)c1)C(=O)COc1ccccc1C(C)C. The van der Waals surface area contributed by atoms with E-state index in [1.54, 1.807) is 25.2 Å². The van der Waals surface area contributed by atoms with Gasteiger partial charge in [0.05, 0.1) is 10.0 Å². The topological polar surface area (TPSA) is 58.6 Å². The fourth-order valence-corrected chi connectivity index (χ4v) is 3.55. The highest BCUT2D eigenvalue weighted by molar-refractivity contribution is 6.42. The summed E-state index contributed by atoms with van der Waals surface area (Å²) < 4.78 is 5.86. The molecular weight excluding hydrogens is 423 g/mol. The van der Waals surface area contributed by atoms with Gasteiger partial charge < -0.3 is 15.0 Å². The summed E-state index contributed by atoms with van der Waals surface area (Å²) in [5, 5.41) is 3.47. The van der Waals surface area contributed by atoms with Gasteiger partial charge in [0.15, 0.2) is 6.61 Å². The molecule has 0 spiro atoms. The Bertz CT molecular complexity index is 887. The smallest absolute Gasteiger partial charge is 0.261 e. The number of ether oxygens (including phenoxy) is 1. The molecule has 7 heteroatoms. The number of hydrogen-bond donors (Lipinski definition) is 1. The number of rotatable bonds is 9. The minimum Gasteiger partial charge on any atom is -0.483 e. The molecule has 0 bridgehead atoms. The summed E-state index contributed by atoms with van der Waals surface area (Å²) >= 11 is 12.1. The summed E-state index contributed by atoms with van der Waals surface area (Å²) in [4.78, 5) is 27.1. The summed E-state index contributed by atoms with van der Waals surface area (Å²) in [6.45, 7) is 6.05. The summed E-state index contributed by atoms with van der Waals surface area (Å²) in [5.41, 5.74) is 1.81. The van der Waals surface area contributed by atoms with Crippen molar-refractivity contribution in [1.82, 2.24) is 10.2 Å². The zero-order valence-electron chi connectivity index (χ0n) is 17.7. The number of carbonyl (C=O) groups is 2. The van der Waals surface area contributed by atoms with Crippen LogP contribution >= 0.6 is 23.2 Å². The van der Waals surface area contributed by atoms with Crippen molar-refractivity contribution in [3.8, 4) is 5.75 Å². The van der Waals surface area contributed by atoms with E-state index in [4.69, 9.17) is 27.9 Å². The monoisotopic (exact) mass is 450 g/mol. The molecule has 0 aliphatic carbocycles. The lowest BCUT2D eigenvalue weighted by atomic mass is 10.0. The maximum atomic E-state index is 13.1. The Morgan fingerprint density at radius 3 is 2.40 bits per heavy atom. The first kappa shape index (κ1) is 24.0. The number of nitrogens with one attached hydrogen (secondary N) is 1. The lowest BCUT2D eigenvalue weighted by Gasteiger charge is -2.30. The predicted octanol–water partition coefficient (Wildman–Crippen LogP) is 5.05. The second-order valence-electron chi connectivity index (χ2n) is 7.29. The van der Waals surface area contributed by atoms with Crippen molar-refractivity contribution in [1.29, 1.82) is 0 Å². The molecule has 0 heterocycles. The van der Waals surface area contributed by atoms with E-state index in [1.807, 2.05) is 31.2 Å². The summed E-state index contributed by atoms with van der Waals surface area (Å²) in [7, 11) is 1.56. The Kier molecular flexibility index (Phi) is 9.00. The first-order valence-electron chi connectivity index (χ1n) is 9.95. The summed E-state index contributed by atoms with van der Waals surface area (Å²) in [6, 6.07) is 12.2. The van der Waals surface area contributed by atoms with Crippen LogP contribution in [0.2, 0.25) is 10.0 Å². The average molecular weight is 451 g/mol. The molecule has 0 aliphatic rings. The number of halogens is 2. The number of carbonyl (C=O) groups excluding carboxylic acids is 2. The standard InChI is InChI=1S/C23H28Cl2N2O3/c1-5-20(23(29)26-4)27(13-16-10-11-18(24)19(25)12-16)22(28)14-30-21-9-7-6-8-17(21)15(2)3/h6-12,15,20H,5,13-14H2,1-4H3,(H,26,29). The number of hydrogen-bond acceptors (Lipinski definition) is 3. The van der Waals surface area contributed by atoms with Crippen molar-refractivity contribution >= 4 is 35.0 Å². The van der Waals surface area contributed by atoms with Crippen molar-refractivity contribution < 1.29 is 14.3 Å². The number of likely N-dealkylation sites (N-methyl/N-ethyl adjacent to an activating group) is 1. The number of nitrogens with zero attached hydrogens (tertiary/aromatic N) is 1. The zero-order valence-corrected chi connectivity index (χ0v) is 19.3. The molecule has 30 heavy (non-hydrogen) atoms. The highest BCUT2D eigenvalue weighted by atomic mass is 35.5. The lowest BCUT2D eigenvalue weighted by Crippen LogP contribution is -2.49. The van der Waals surface area contributed by atoms with Crippen LogP contribution in [0.25, 0.3) is 0 Å². The van der Waals surface area contributed by atoms with Gasteiger partial charge >= 0.3 is 0 Å². The predicted molar refractivity (Wildman–Crippen MR) is 121 cm³/mol. The van der Waals surface area contributed by atoms with Crippen LogP contribution in [0.15, 0.2) is 42.5 Å². The Hall–Kier alpha value is -2.24. The third kappa shape index (κ3) is 6.13. The van der Waals surface area contributed by atoms with E-state index in [-0.39, 0.29) is 30.9 Å². The van der Waals surface area contributed by atoms with Gasteiger partial charge in [0.2, 0.25) is 5.91 Å². The molecule has 0 aromatic heterocycles. The van der Waals surface area contributed by atoms with E-state index in [2.05, 4.69) is 19.2 Å². The minimum atomic E-state index is -0.624. The molecule has 2 rings (SSSR count). The molecule has 2 aromatic rings. The quantitative estimate of drug-likeness (QED) is 0.581. The van der Waals surface area contributed by atoms with Crippen molar-refractivity contribution in [2.45, 2.75) is 45.7 Å². The van der Waals surface area contributed by atoms with Crippen molar-refractivity contribution in [2.24, 2.45) is 0 Å². The normalized spacial score (nSPS) is 11.8. The van der Waals surface area contributed by atoms with Gasteiger partial charge in [-0.2, -0.15) is 0 Å². The lowest BCUT2D eigenvalue weighted by molar-refractivity contribution is -0.142. The molecule has 0 fully saturated rings.